The van der Waals surface area contributed by atoms with Crippen LogP contribution in [0, 0.1) is 13.8 Å². The van der Waals surface area contributed by atoms with Crippen molar-refractivity contribution in [3.63, 3.8) is 0 Å². The van der Waals surface area contributed by atoms with E-state index in [2.05, 4.69) is 48.4 Å². The van der Waals surface area contributed by atoms with Crippen molar-refractivity contribution >= 4 is 23.4 Å². The molecule has 5 nitrogen and oxygen atoms in total. The van der Waals surface area contributed by atoms with Crippen LogP contribution in [-0.4, -0.2) is 21.4 Å². The molecule has 6 heteroatoms. The molecule has 0 spiro atoms. The standard InChI is InChI=1S/C23H27N3O2S/c1-14-7-12-19(15(2)13-14)24-20(27)16(3)29-22-26-25-21(28-22)17-8-10-18(11-9-17)23(4,5)6/h7-13,16H,1-6H3,(H,24,27)/t16-/m1/s1. The number of nitrogens with one attached hydrogen (secondary N) is 1. The summed E-state index contributed by atoms with van der Waals surface area (Å²) in [4.78, 5) is 12.5. The summed E-state index contributed by atoms with van der Waals surface area (Å²) in [6.45, 7) is 12.4. The van der Waals surface area contributed by atoms with Crippen LogP contribution in [-0.2, 0) is 10.2 Å². The van der Waals surface area contributed by atoms with Gasteiger partial charge in [0.1, 0.15) is 0 Å². The second-order valence-corrected chi connectivity index (χ2v) is 9.56. The maximum atomic E-state index is 12.5. The highest BCUT2D eigenvalue weighted by molar-refractivity contribution is 8.00. The quantitative estimate of drug-likeness (QED) is 0.542. The molecule has 1 amide bonds. The zero-order valence-corrected chi connectivity index (χ0v) is 18.6. The van der Waals surface area contributed by atoms with Crippen LogP contribution in [0.1, 0.15) is 44.4 Å². The Morgan fingerprint density at radius 1 is 1.07 bits per heavy atom. The Labute approximate surface area is 176 Å². The third-order valence-corrected chi connectivity index (χ3v) is 5.63. The zero-order valence-electron chi connectivity index (χ0n) is 17.7. The summed E-state index contributed by atoms with van der Waals surface area (Å²) in [5, 5.41) is 11.2. The molecule has 0 fully saturated rings. The maximum absolute atomic E-state index is 12.5. The molecule has 29 heavy (non-hydrogen) atoms. The highest BCUT2D eigenvalue weighted by atomic mass is 32.2. The predicted octanol–water partition coefficient (Wildman–Crippen LogP) is 5.77. The maximum Gasteiger partial charge on any atom is 0.277 e. The van der Waals surface area contributed by atoms with Crippen LogP contribution >= 0.6 is 11.8 Å². The van der Waals surface area contributed by atoms with E-state index in [-0.39, 0.29) is 16.6 Å². The fourth-order valence-electron chi connectivity index (χ4n) is 2.88. The predicted molar refractivity (Wildman–Crippen MR) is 118 cm³/mol. The van der Waals surface area contributed by atoms with Gasteiger partial charge in [0.15, 0.2) is 0 Å². The van der Waals surface area contributed by atoms with Crippen LogP contribution in [0.3, 0.4) is 0 Å². The van der Waals surface area contributed by atoms with E-state index in [0.29, 0.717) is 11.1 Å². The van der Waals surface area contributed by atoms with E-state index in [1.54, 1.807) is 0 Å². The molecule has 152 valence electrons. The summed E-state index contributed by atoms with van der Waals surface area (Å²) in [5.41, 5.74) is 5.22. The summed E-state index contributed by atoms with van der Waals surface area (Å²) in [7, 11) is 0. The van der Waals surface area contributed by atoms with Gasteiger partial charge in [0.25, 0.3) is 5.22 Å². The summed E-state index contributed by atoms with van der Waals surface area (Å²) in [6.07, 6.45) is 0. The molecule has 1 heterocycles. The molecule has 0 saturated heterocycles. The third kappa shape index (κ3) is 5.26. The van der Waals surface area contributed by atoms with Gasteiger partial charge < -0.3 is 9.73 Å². The number of carbonyl (C=O) groups is 1. The first kappa shape index (κ1) is 21.1. The van der Waals surface area contributed by atoms with Crippen molar-refractivity contribution < 1.29 is 9.21 Å². The van der Waals surface area contributed by atoms with E-state index in [1.165, 1.54) is 17.3 Å². The van der Waals surface area contributed by atoms with Gasteiger partial charge in [-0.15, -0.1) is 10.2 Å². The summed E-state index contributed by atoms with van der Waals surface area (Å²) < 4.78 is 5.77. The van der Waals surface area contributed by atoms with Crippen LogP contribution < -0.4 is 5.32 Å². The van der Waals surface area contributed by atoms with Crippen molar-refractivity contribution in [1.82, 2.24) is 10.2 Å². The lowest BCUT2D eigenvalue weighted by molar-refractivity contribution is -0.115. The van der Waals surface area contributed by atoms with Gasteiger partial charge in [-0.1, -0.05) is 62.4 Å². The minimum atomic E-state index is -0.368. The Kier molecular flexibility index (Phi) is 6.13. The summed E-state index contributed by atoms with van der Waals surface area (Å²) >= 11 is 1.25. The summed E-state index contributed by atoms with van der Waals surface area (Å²) in [5.74, 6) is 0.353. The summed E-state index contributed by atoms with van der Waals surface area (Å²) in [6, 6.07) is 14.1. The molecule has 2 aromatic carbocycles. The average Bonchev–Trinajstić information content (AvgIpc) is 3.12. The topological polar surface area (TPSA) is 68.0 Å². The van der Waals surface area contributed by atoms with Crippen molar-refractivity contribution in [3.05, 3.63) is 59.2 Å². The Morgan fingerprint density at radius 2 is 1.76 bits per heavy atom. The first-order valence-electron chi connectivity index (χ1n) is 9.62. The number of benzene rings is 2. The molecule has 0 aliphatic carbocycles. The molecular weight excluding hydrogens is 382 g/mol. The lowest BCUT2D eigenvalue weighted by Gasteiger charge is -2.18. The Bertz CT molecular complexity index is 1000. The zero-order chi connectivity index (χ0) is 21.2. The highest BCUT2D eigenvalue weighted by Gasteiger charge is 2.20. The lowest BCUT2D eigenvalue weighted by atomic mass is 9.87. The number of rotatable bonds is 5. The SMILES string of the molecule is Cc1ccc(NC(=O)[C@@H](C)Sc2nnc(-c3ccc(C(C)(C)C)cc3)o2)c(C)c1. The van der Waals surface area contributed by atoms with E-state index in [9.17, 15) is 4.79 Å². The van der Waals surface area contributed by atoms with Crippen LogP contribution in [0.25, 0.3) is 11.5 Å². The van der Waals surface area contributed by atoms with Crippen LogP contribution in [0.4, 0.5) is 5.69 Å². The number of aryl methyl sites for hydroxylation is 2. The fourth-order valence-corrected chi connectivity index (χ4v) is 3.56. The van der Waals surface area contributed by atoms with Gasteiger partial charge in [0.2, 0.25) is 11.8 Å². The molecule has 3 rings (SSSR count). The number of nitrogens with zero attached hydrogens (tertiary/aromatic N) is 2. The van der Waals surface area contributed by atoms with Crippen molar-refractivity contribution in [2.75, 3.05) is 5.32 Å². The van der Waals surface area contributed by atoms with Crippen molar-refractivity contribution in [2.45, 2.75) is 57.4 Å². The number of amides is 1. The molecule has 0 aliphatic heterocycles. The molecule has 1 N–H and O–H groups in total. The smallest absolute Gasteiger partial charge is 0.277 e. The first-order valence-corrected chi connectivity index (χ1v) is 10.5. The van der Waals surface area contributed by atoms with E-state index in [1.807, 2.05) is 51.1 Å². The van der Waals surface area contributed by atoms with Gasteiger partial charge in [-0.3, -0.25) is 4.79 Å². The molecule has 0 saturated carbocycles. The van der Waals surface area contributed by atoms with E-state index in [4.69, 9.17) is 4.42 Å². The molecule has 0 bridgehead atoms. The molecular formula is C23H27N3O2S. The van der Waals surface area contributed by atoms with E-state index in [0.717, 1.165) is 22.4 Å². The first-order chi connectivity index (χ1) is 13.6. The number of hydrogen-bond donors (Lipinski definition) is 1. The largest absolute Gasteiger partial charge is 0.411 e. The highest BCUT2D eigenvalue weighted by Crippen LogP contribution is 2.29. The molecule has 0 unspecified atom stereocenters. The number of thioether (sulfide) groups is 1. The Hall–Kier alpha value is -2.60. The second kappa shape index (κ2) is 8.41. The van der Waals surface area contributed by atoms with Crippen molar-refractivity contribution in [3.8, 4) is 11.5 Å². The van der Waals surface area contributed by atoms with Crippen LogP contribution in [0.15, 0.2) is 52.1 Å². The number of hydrogen-bond acceptors (Lipinski definition) is 5. The molecule has 1 atom stereocenters. The number of carbonyl (C=O) groups excluding carboxylic acids is 1. The van der Waals surface area contributed by atoms with Crippen molar-refractivity contribution in [1.29, 1.82) is 0 Å². The van der Waals surface area contributed by atoms with E-state index < -0.39 is 0 Å². The minimum absolute atomic E-state index is 0.0903. The van der Waals surface area contributed by atoms with Crippen LogP contribution in [0.5, 0.6) is 0 Å². The molecule has 0 aliphatic rings. The lowest BCUT2D eigenvalue weighted by Crippen LogP contribution is -2.22. The number of anilines is 1. The van der Waals surface area contributed by atoms with Gasteiger partial charge in [0, 0.05) is 11.3 Å². The van der Waals surface area contributed by atoms with Gasteiger partial charge >= 0.3 is 0 Å². The van der Waals surface area contributed by atoms with Gasteiger partial charge in [0.05, 0.1) is 5.25 Å². The minimum Gasteiger partial charge on any atom is -0.411 e. The van der Waals surface area contributed by atoms with Gasteiger partial charge in [-0.25, -0.2) is 0 Å². The molecule has 1 aromatic heterocycles. The van der Waals surface area contributed by atoms with Gasteiger partial charge in [-0.05, 0) is 55.5 Å². The molecule has 3 aromatic rings. The Balaban J connectivity index is 1.65. The van der Waals surface area contributed by atoms with Crippen molar-refractivity contribution in [2.24, 2.45) is 0 Å². The fraction of sp³-hybridized carbons (Fsp3) is 0.348. The van der Waals surface area contributed by atoms with E-state index >= 15 is 0 Å². The Morgan fingerprint density at radius 3 is 2.38 bits per heavy atom. The number of aromatic nitrogens is 2. The molecule has 0 radical (unpaired) electrons. The monoisotopic (exact) mass is 409 g/mol. The average molecular weight is 410 g/mol. The van der Waals surface area contributed by atoms with Crippen LogP contribution in [0.2, 0.25) is 0 Å². The normalized spacial score (nSPS) is 12.6. The second-order valence-electron chi connectivity index (χ2n) is 8.27. The third-order valence-electron chi connectivity index (χ3n) is 4.69. The van der Waals surface area contributed by atoms with Gasteiger partial charge in [-0.2, -0.15) is 0 Å².